The van der Waals surface area contributed by atoms with Crippen molar-refractivity contribution in [1.29, 1.82) is 0 Å². The summed E-state index contributed by atoms with van der Waals surface area (Å²) in [5.74, 6) is 0.138. The van der Waals surface area contributed by atoms with Gasteiger partial charge in [0.2, 0.25) is 0 Å². The third-order valence-corrected chi connectivity index (χ3v) is 3.08. The van der Waals surface area contributed by atoms with Gasteiger partial charge in [0.25, 0.3) is 5.91 Å². The van der Waals surface area contributed by atoms with Crippen LogP contribution in [0.3, 0.4) is 0 Å². The van der Waals surface area contributed by atoms with Crippen molar-refractivity contribution in [3.63, 3.8) is 0 Å². The summed E-state index contributed by atoms with van der Waals surface area (Å²) in [5, 5.41) is 2.76. The number of carbonyl (C=O) groups is 1. The molecule has 0 aliphatic heterocycles. The van der Waals surface area contributed by atoms with Gasteiger partial charge in [-0.05, 0) is 30.9 Å². The van der Waals surface area contributed by atoms with Gasteiger partial charge in [-0.15, -0.1) is 0 Å². The van der Waals surface area contributed by atoms with Gasteiger partial charge in [-0.25, -0.2) is 4.39 Å². The maximum atomic E-state index is 13.5. The zero-order valence-corrected chi connectivity index (χ0v) is 11.1. The van der Waals surface area contributed by atoms with E-state index < -0.39 is 5.82 Å². The van der Waals surface area contributed by atoms with E-state index in [-0.39, 0.29) is 28.8 Å². The Labute approximate surface area is 116 Å². The van der Waals surface area contributed by atoms with Gasteiger partial charge in [0.1, 0.15) is 16.6 Å². The van der Waals surface area contributed by atoms with E-state index in [0.29, 0.717) is 12.5 Å². The van der Waals surface area contributed by atoms with Gasteiger partial charge in [0.15, 0.2) is 6.61 Å². The molecule has 0 aromatic heterocycles. The average Bonchev–Trinajstić information content (AvgIpc) is 3.17. The maximum absolute atomic E-state index is 13.5. The molecule has 3 N–H and O–H groups in total. The zero-order chi connectivity index (χ0) is 13.8. The number of halogens is 1. The molecule has 4 nitrogen and oxygen atoms in total. The van der Waals surface area contributed by atoms with E-state index in [0.717, 1.165) is 0 Å². The Balaban J connectivity index is 1.83. The number of amides is 1. The number of nitrogens with two attached hydrogens (primary N) is 1. The van der Waals surface area contributed by atoms with E-state index >= 15 is 0 Å². The molecule has 2 rings (SSSR count). The molecule has 1 aromatic rings. The molecule has 1 aliphatic rings. The molecule has 0 unspecified atom stereocenters. The molecule has 19 heavy (non-hydrogen) atoms. The lowest BCUT2D eigenvalue weighted by Crippen LogP contribution is -2.30. The van der Waals surface area contributed by atoms with Crippen molar-refractivity contribution in [3.8, 4) is 5.75 Å². The minimum atomic E-state index is -0.552. The minimum Gasteiger partial charge on any atom is -0.484 e. The summed E-state index contributed by atoms with van der Waals surface area (Å²) in [6.07, 6.45) is 2.35. The van der Waals surface area contributed by atoms with Crippen molar-refractivity contribution in [2.24, 2.45) is 11.7 Å². The second-order valence-corrected chi connectivity index (χ2v) is 4.98. The first kappa shape index (κ1) is 13.7. The first-order valence-electron chi connectivity index (χ1n) is 6.05. The number of thiocarbonyl (C=S) groups is 1. The van der Waals surface area contributed by atoms with E-state index in [1.54, 1.807) is 0 Å². The fourth-order valence-electron chi connectivity index (χ4n) is 1.57. The lowest BCUT2D eigenvalue weighted by atomic mass is 10.2. The summed E-state index contributed by atoms with van der Waals surface area (Å²) in [6.45, 7) is 0.565. The Morgan fingerprint density at radius 2 is 2.26 bits per heavy atom. The number of hydrogen-bond donors (Lipinski definition) is 2. The summed E-state index contributed by atoms with van der Waals surface area (Å²) in [5.41, 5.74) is 5.51. The molecule has 1 aliphatic carbocycles. The average molecular weight is 282 g/mol. The molecule has 1 fully saturated rings. The first-order chi connectivity index (χ1) is 9.06. The molecular weight excluding hydrogens is 267 g/mol. The molecule has 0 spiro atoms. The Bertz CT molecular complexity index is 503. The van der Waals surface area contributed by atoms with E-state index in [2.05, 4.69) is 5.32 Å². The Hall–Kier alpha value is -1.69. The predicted octanol–water partition coefficient (Wildman–Crippen LogP) is 1.36. The Kier molecular flexibility index (Phi) is 4.31. The van der Waals surface area contributed by atoms with E-state index in [1.165, 1.54) is 31.0 Å². The fourth-order valence-corrected chi connectivity index (χ4v) is 1.73. The van der Waals surface area contributed by atoms with Crippen molar-refractivity contribution in [2.75, 3.05) is 13.2 Å². The number of nitrogens with one attached hydrogen (secondary N) is 1. The number of rotatable bonds is 6. The zero-order valence-electron chi connectivity index (χ0n) is 10.3. The lowest BCUT2D eigenvalue weighted by Gasteiger charge is -2.08. The quantitative estimate of drug-likeness (QED) is 0.773. The highest BCUT2D eigenvalue weighted by molar-refractivity contribution is 7.80. The molecule has 0 radical (unpaired) electrons. The van der Waals surface area contributed by atoms with Crippen molar-refractivity contribution in [1.82, 2.24) is 5.32 Å². The van der Waals surface area contributed by atoms with Gasteiger partial charge in [-0.2, -0.15) is 0 Å². The number of ether oxygens (including phenoxy) is 1. The number of hydrogen-bond acceptors (Lipinski definition) is 3. The van der Waals surface area contributed by atoms with Crippen LogP contribution in [0.4, 0.5) is 4.39 Å². The minimum absolute atomic E-state index is 0.00812. The summed E-state index contributed by atoms with van der Waals surface area (Å²) in [6, 6.07) is 4.14. The normalized spacial score (nSPS) is 13.9. The fraction of sp³-hybridized carbons (Fsp3) is 0.385. The predicted molar refractivity (Wildman–Crippen MR) is 73.5 cm³/mol. The van der Waals surface area contributed by atoms with Gasteiger partial charge in [0.05, 0.1) is 0 Å². The van der Waals surface area contributed by atoms with Crippen LogP contribution in [-0.4, -0.2) is 24.0 Å². The summed E-state index contributed by atoms with van der Waals surface area (Å²) in [4.78, 5) is 11.4. The molecule has 0 heterocycles. The maximum Gasteiger partial charge on any atom is 0.257 e. The van der Waals surface area contributed by atoms with Crippen LogP contribution in [0.25, 0.3) is 0 Å². The summed E-state index contributed by atoms with van der Waals surface area (Å²) in [7, 11) is 0. The van der Waals surface area contributed by atoms with Crippen LogP contribution in [0.1, 0.15) is 18.4 Å². The molecule has 1 saturated carbocycles. The van der Waals surface area contributed by atoms with Crippen molar-refractivity contribution in [3.05, 3.63) is 29.6 Å². The van der Waals surface area contributed by atoms with Gasteiger partial charge >= 0.3 is 0 Å². The molecule has 0 atom stereocenters. The highest BCUT2D eigenvalue weighted by Gasteiger charge is 2.21. The standard InChI is InChI=1S/C13H15FN2O2S/c14-11-5-9(3-4-10(11)13(15)19)18-7-12(17)16-6-8-1-2-8/h3-5,8H,1-2,6-7H2,(H2,15,19)(H,16,17). The second kappa shape index (κ2) is 5.97. The van der Waals surface area contributed by atoms with Gasteiger partial charge in [0, 0.05) is 18.2 Å². The van der Waals surface area contributed by atoms with Crippen LogP contribution in [0.5, 0.6) is 5.75 Å². The smallest absolute Gasteiger partial charge is 0.257 e. The van der Waals surface area contributed by atoms with Crippen LogP contribution >= 0.6 is 12.2 Å². The third-order valence-electron chi connectivity index (χ3n) is 2.86. The van der Waals surface area contributed by atoms with Crippen LogP contribution < -0.4 is 15.8 Å². The number of carbonyl (C=O) groups excluding carboxylic acids is 1. The molecule has 0 saturated heterocycles. The summed E-state index contributed by atoms with van der Waals surface area (Å²) >= 11 is 4.70. The van der Waals surface area contributed by atoms with E-state index in [9.17, 15) is 9.18 Å². The Morgan fingerprint density at radius 1 is 1.53 bits per heavy atom. The van der Waals surface area contributed by atoms with Crippen LogP contribution in [0, 0.1) is 11.7 Å². The van der Waals surface area contributed by atoms with Crippen LogP contribution in [-0.2, 0) is 4.79 Å². The lowest BCUT2D eigenvalue weighted by molar-refractivity contribution is -0.123. The highest BCUT2D eigenvalue weighted by Crippen LogP contribution is 2.27. The second-order valence-electron chi connectivity index (χ2n) is 4.54. The van der Waals surface area contributed by atoms with Crippen molar-refractivity contribution in [2.45, 2.75) is 12.8 Å². The number of benzene rings is 1. The molecule has 0 bridgehead atoms. The van der Waals surface area contributed by atoms with Crippen LogP contribution in [0.15, 0.2) is 18.2 Å². The van der Waals surface area contributed by atoms with E-state index in [4.69, 9.17) is 22.7 Å². The summed E-state index contributed by atoms with van der Waals surface area (Å²) < 4.78 is 18.7. The largest absolute Gasteiger partial charge is 0.484 e. The molecule has 1 aromatic carbocycles. The van der Waals surface area contributed by atoms with Crippen LogP contribution in [0.2, 0.25) is 0 Å². The molecular formula is C13H15FN2O2S. The van der Waals surface area contributed by atoms with E-state index in [1.807, 2.05) is 0 Å². The Morgan fingerprint density at radius 3 is 2.84 bits per heavy atom. The topological polar surface area (TPSA) is 64.3 Å². The SMILES string of the molecule is NC(=S)c1ccc(OCC(=O)NCC2CC2)cc1F. The molecule has 102 valence electrons. The highest BCUT2D eigenvalue weighted by atomic mass is 32.1. The first-order valence-corrected chi connectivity index (χ1v) is 6.46. The van der Waals surface area contributed by atoms with Crippen molar-refractivity contribution >= 4 is 23.1 Å². The molecule has 6 heteroatoms. The van der Waals surface area contributed by atoms with Gasteiger partial charge in [-0.1, -0.05) is 12.2 Å². The van der Waals surface area contributed by atoms with Crippen molar-refractivity contribution < 1.29 is 13.9 Å². The van der Waals surface area contributed by atoms with Gasteiger partial charge in [-0.3, -0.25) is 4.79 Å². The molecule has 1 amide bonds. The third kappa shape index (κ3) is 4.17. The van der Waals surface area contributed by atoms with Gasteiger partial charge < -0.3 is 15.8 Å². The monoisotopic (exact) mass is 282 g/mol.